The fourth-order valence-corrected chi connectivity index (χ4v) is 4.55. The van der Waals surface area contributed by atoms with E-state index in [9.17, 15) is 9.18 Å². The van der Waals surface area contributed by atoms with Crippen molar-refractivity contribution in [2.24, 2.45) is 5.92 Å². The number of aromatic nitrogens is 2. The van der Waals surface area contributed by atoms with E-state index in [2.05, 4.69) is 16.5 Å². The van der Waals surface area contributed by atoms with Gasteiger partial charge >= 0.3 is 0 Å². The molecule has 0 aliphatic carbocycles. The summed E-state index contributed by atoms with van der Waals surface area (Å²) >= 11 is 0. The van der Waals surface area contributed by atoms with Crippen molar-refractivity contribution in [1.29, 1.82) is 0 Å². The first-order chi connectivity index (χ1) is 12.9. The summed E-state index contributed by atoms with van der Waals surface area (Å²) in [7, 11) is 2.15. The smallest absolute Gasteiger partial charge is 0.225 e. The van der Waals surface area contributed by atoms with Crippen molar-refractivity contribution in [3.05, 3.63) is 42.1 Å². The summed E-state index contributed by atoms with van der Waals surface area (Å²) in [6.07, 6.45) is 3.62. The van der Waals surface area contributed by atoms with Crippen molar-refractivity contribution in [1.82, 2.24) is 19.4 Å². The van der Waals surface area contributed by atoms with Gasteiger partial charge in [-0.1, -0.05) is 26.0 Å². The minimum atomic E-state index is -0.230. The molecule has 1 amide bonds. The van der Waals surface area contributed by atoms with Crippen molar-refractivity contribution in [3.8, 4) is 11.3 Å². The minimum absolute atomic E-state index is 0.0321. The van der Waals surface area contributed by atoms with Gasteiger partial charge in [-0.2, -0.15) is 0 Å². The standard InChI is InChI=1S/C21H27FN4O/c1-15(2)19(27)25-9-7-21(8-10-25)20-23-14-18(26(20)12-11-24(21)3)16-5-4-6-17(22)13-16/h4-6,13-15H,7-12H2,1-3H3. The van der Waals surface area contributed by atoms with Crippen molar-refractivity contribution in [2.75, 3.05) is 26.7 Å². The predicted octanol–water partition coefficient (Wildman–Crippen LogP) is 3.11. The molecule has 5 nitrogen and oxygen atoms in total. The SMILES string of the molecule is CC(C)C(=O)N1CCC2(CC1)c1ncc(-c3cccc(F)c3)n1CCN2C. The summed E-state index contributed by atoms with van der Waals surface area (Å²) in [5, 5.41) is 0. The van der Waals surface area contributed by atoms with E-state index in [1.165, 1.54) is 6.07 Å². The zero-order valence-electron chi connectivity index (χ0n) is 16.3. The number of likely N-dealkylation sites (N-methyl/N-ethyl adjacent to an activating group) is 1. The maximum atomic E-state index is 13.7. The summed E-state index contributed by atoms with van der Waals surface area (Å²) in [4.78, 5) is 21.5. The van der Waals surface area contributed by atoms with Crippen LogP contribution in [0.15, 0.2) is 30.5 Å². The number of hydrogen-bond donors (Lipinski definition) is 0. The second kappa shape index (κ2) is 6.75. The van der Waals surface area contributed by atoms with E-state index in [0.717, 1.165) is 56.1 Å². The second-order valence-corrected chi connectivity index (χ2v) is 8.06. The van der Waals surface area contributed by atoms with Crippen LogP contribution in [0.3, 0.4) is 0 Å². The van der Waals surface area contributed by atoms with Gasteiger partial charge in [0.15, 0.2) is 0 Å². The maximum absolute atomic E-state index is 13.7. The number of nitrogens with zero attached hydrogens (tertiary/aromatic N) is 4. The van der Waals surface area contributed by atoms with Gasteiger partial charge in [0.05, 0.1) is 17.4 Å². The number of carbonyl (C=O) groups is 1. The Bertz CT molecular complexity index is 852. The Hall–Kier alpha value is -2.21. The van der Waals surface area contributed by atoms with Crippen molar-refractivity contribution in [2.45, 2.75) is 38.8 Å². The Morgan fingerprint density at radius 3 is 2.59 bits per heavy atom. The number of benzene rings is 1. The molecule has 0 bridgehead atoms. The highest BCUT2D eigenvalue weighted by atomic mass is 19.1. The normalized spacial score (nSPS) is 19.5. The third-order valence-electron chi connectivity index (χ3n) is 6.18. The molecule has 0 radical (unpaired) electrons. The molecular weight excluding hydrogens is 343 g/mol. The molecule has 4 rings (SSSR count). The third kappa shape index (κ3) is 2.96. The highest BCUT2D eigenvalue weighted by Gasteiger charge is 2.46. The van der Waals surface area contributed by atoms with Crippen LogP contribution in [0.5, 0.6) is 0 Å². The zero-order valence-corrected chi connectivity index (χ0v) is 16.3. The summed E-state index contributed by atoms with van der Waals surface area (Å²) < 4.78 is 16.0. The van der Waals surface area contributed by atoms with E-state index in [0.29, 0.717) is 0 Å². The van der Waals surface area contributed by atoms with Crippen LogP contribution in [0.2, 0.25) is 0 Å². The number of halogens is 1. The Kier molecular flexibility index (Phi) is 4.54. The summed E-state index contributed by atoms with van der Waals surface area (Å²) in [5.74, 6) is 1.08. The lowest BCUT2D eigenvalue weighted by molar-refractivity contribution is -0.137. The molecule has 3 heterocycles. The van der Waals surface area contributed by atoms with Gasteiger partial charge in [0.2, 0.25) is 5.91 Å². The first-order valence-corrected chi connectivity index (χ1v) is 9.74. The van der Waals surface area contributed by atoms with Crippen LogP contribution in [0.4, 0.5) is 4.39 Å². The van der Waals surface area contributed by atoms with Crippen LogP contribution in [-0.4, -0.2) is 51.9 Å². The molecule has 27 heavy (non-hydrogen) atoms. The van der Waals surface area contributed by atoms with Gasteiger partial charge in [-0.3, -0.25) is 9.69 Å². The molecule has 2 aliphatic rings. The van der Waals surface area contributed by atoms with Crippen LogP contribution in [0.1, 0.15) is 32.5 Å². The Morgan fingerprint density at radius 1 is 1.19 bits per heavy atom. The fraction of sp³-hybridized carbons (Fsp3) is 0.524. The highest BCUT2D eigenvalue weighted by molar-refractivity contribution is 5.78. The van der Waals surface area contributed by atoms with Crippen molar-refractivity contribution >= 4 is 5.91 Å². The molecule has 6 heteroatoms. The number of rotatable bonds is 2. The number of imidazole rings is 1. The molecule has 144 valence electrons. The average Bonchev–Trinajstić information content (AvgIpc) is 3.10. The maximum Gasteiger partial charge on any atom is 0.225 e. The first-order valence-electron chi connectivity index (χ1n) is 9.74. The molecule has 0 atom stereocenters. The van der Waals surface area contributed by atoms with E-state index in [1.54, 1.807) is 12.1 Å². The average molecular weight is 370 g/mol. The van der Waals surface area contributed by atoms with Gasteiger partial charge in [0.25, 0.3) is 0 Å². The molecule has 2 aromatic rings. The van der Waals surface area contributed by atoms with E-state index in [4.69, 9.17) is 4.98 Å². The van der Waals surface area contributed by atoms with Gasteiger partial charge < -0.3 is 9.47 Å². The van der Waals surface area contributed by atoms with E-state index in [1.807, 2.05) is 31.0 Å². The lowest BCUT2D eigenvalue weighted by Crippen LogP contribution is -2.57. The van der Waals surface area contributed by atoms with Gasteiger partial charge in [-0.05, 0) is 32.0 Å². The molecule has 1 spiro atoms. The topological polar surface area (TPSA) is 41.4 Å². The Labute approximate surface area is 159 Å². The lowest BCUT2D eigenvalue weighted by Gasteiger charge is -2.49. The molecule has 1 aromatic heterocycles. The van der Waals surface area contributed by atoms with Crippen LogP contribution < -0.4 is 0 Å². The fourth-order valence-electron chi connectivity index (χ4n) is 4.55. The summed E-state index contributed by atoms with van der Waals surface area (Å²) in [5.41, 5.74) is 1.68. The summed E-state index contributed by atoms with van der Waals surface area (Å²) in [6, 6.07) is 6.71. The number of likely N-dealkylation sites (tertiary alicyclic amines) is 1. The second-order valence-electron chi connectivity index (χ2n) is 8.06. The molecule has 1 aromatic carbocycles. The van der Waals surface area contributed by atoms with Crippen LogP contribution in [0.25, 0.3) is 11.3 Å². The highest BCUT2D eigenvalue weighted by Crippen LogP contribution is 2.41. The van der Waals surface area contributed by atoms with Gasteiger partial charge in [0.1, 0.15) is 11.6 Å². The molecule has 0 saturated carbocycles. The van der Waals surface area contributed by atoms with Crippen LogP contribution >= 0.6 is 0 Å². The first kappa shape index (κ1) is 18.2. The van der Waals surface area contributed by atoms with Gasteiger partial charge in [-0.25, -0.2) is 9.37 Å². The number of fused-ring (bicyclic) bond motifs is 2. The molecule has 0 N–H and O–H groups in total. The number of amides is 1. The third-order valence-corrected chi connectivity index (χ3v) is 6.18. The number of carbonyl (C=O) groups excluding carboxylic acids is 1. The monoisotopic (exact) mass is 370 g/mol. The Morgan fingerprint density at radius 2 is 1.93 bits per heavy atom. The predicted molar refractivity (Wildman–Crippen MR) is 103 cm³/mol. The quantitative estimate of drug-likeness (QED) is 0.816. The number of hydrogen-bond acceptors (Lipinski definition) is 3. The van der Waals surface area contributed by atoms with Gasteiger partial charge in [-0.15, -0.1) is 0 Å². The molecule has 2 aliphatic heterocycles. The van der Waals surface area contributed by atoms with Crippen LogP contribution in [0, 0.1) is 11.7 Å². The van der Waals surface area contributed by atoms with E-state index in [-0.39, 0.29) is 23.2 Å². The zero-order chi connectivity index (χ0) is 19.2. The molecular formula is C21H27FN4O. The summed E-state index contributed by atoms with van der Waals surface area (Å²) in [6.45, 7) is 7.18. The van der Waals surface area contributed by atoms with Crippen molar-refractivity contribution < 1.29 is 9.18 Å². The van der Waals surface area contributed by atoms with E-state index < -0.39 is 0 Å². The van der Waals surface area contributed by atoms with Crippen molar-refractivity contribution in [3.63, 3.8) is 0 Å². The molecule has 0 unspecified atom stereocenters. The van der Waals surface area contributed by atoms with Crippen LogP contribution in [-0.2, 0) is 16.9 Å². The number of piperidine rings is 1. The lowest BCUT2D eigenvalue weighted by atomic mass is 9.83. The van der Waals surface area contributed by atoms with E-state index >= 15 is 0 Å². The molecule has 1 fully saturated rings. The minimum Gasteiger partial charge on any atom is -0.342 e. The largest absolute Gasteiger partial charge is 0.342 e. The van der Waals surface area contributed by atoms with Gasteiger partial charge in [0, 0.05) is 37.7 Å². The Balaban J connectivity index is 1.67. The molecule has 1 saturated heterocycles.